The van der Waals surface area contributed by atoms with Crippen LogP contribution in [0, 0.1) is 20.8 Å². The molecule has 0 unspecified atom stereocenters. The largest absolute Gasteiger partial charge is 0.278 e. The van der Waals surface area contributed by atoms with Crippen LogP contribution in [-0.4, -0.2) is 15.9 Å². The summed E-state index contributed by atoms with van der Waals surface area (Å²) >= 11 is 1.54. The second-order valence-electron chi connectivity index (χ2n) is 6.93. The monoisotopic (exact) mass is 387 g/mol. The molecule has 2 aromatic carbocycles. The van der Waals surface area contributed by atoms with Gasteiger partial charge in [-0.1, -0.05) is 35.6 Å². The second-order valence-corrected chi connectivity index (χ2v) is 7.94. The van der Waals surface area contributed by atoms with Gasteiger partial charge >= 0.3 is 0 Å². The quantitative estimate of drug-likeness (QED) is 0.467. The molecule has 0 fully saturated rings. The molecule has 28 heavy (non-hydrogen) atoms. The highest BCUT2D eigenvalue weighted by Crippen LogP contribution is 2.32. The maximum atomic E-state index is 13.4. The molecule has 0 saturated heterocycles. The molecule has 2 aromatic heterocycles. The van der Waals surface area contributed by atoms with Crippen molar-refractivity contribution >= 4 is 32.6 Å². The highest BCUT2D eigenvalue weighted by atomic mass is 32.1. The summed E-state index contributed by atoms with van der Waals surface area (Å²) in [5, 5.41) is 0.693. The van der Waals surface area contributed by atoms with Crippen LogP contribution >= 0.6 is 11.3 Å². The van der Waals surface area contributed by atoms with E-state index in [0.29, 0.717) is 17.2 Å². The summed E-state index contributed by atoms with van der Waals surface area (Å²) in [4.78, 5) is 24.4. The van der Waals surface area contributed by atoms with Crippen molar-refractivity contribution in [2.45, 2.75) is 27.3 Å². The molecule has 4 rings (SSSR count). The maximum Gasteiger partial charge on any atom is 0.260 e. The Hall–Kier alpha value is -3.05. The van der Waals surface area contributed by atoms with Crippen LogP contribution in [0.3, 0.4) is 0 Å². The number of benzene rings is 2. The molecular formula is C23H21N3OS. The number of aryl methyl sites for hydroxylation is 3. The van der Waals surface area contributed by atoms with Gasteiger partial charge in [0.2, 0.25) is 0 Å². The van der Waals surface area contributed by atoms with Gasteiger partial charge in [0.05, 0.1) is 22.5 Å². The van der Waals surface area contributed by atoms with E-state index in [2.05, 4.69) is 4.98 Å². The van der Waals surface area contributed by atoms with Crippen molar-refractivity contribution in [3.8, 4) is 0 Å². The first-order valence-electron chi connectivity index (χ1n) is 9.18. The average Bonchev–Trinajstić information content (AvgIpc) is 3.14. The summed E-state index contributed by atoms with van der Waals surface area (Å²) in [6.07, 6.45) is 1.75. The topological polar surface area (TPSA) is 46.1 Å². The molecule has 0 atom stereocenters. The SMILES string of the molecule is Cc1ccc(C(=O)N(Cc2ccccn2)c2nc3c(C)cccc3s2)cc1C. The van der Waals surface area contributed by atoms with Crippen molar-refractivity contribution < 1.29 is 4.79 Å². The van der Waals surface area contributed by atoms with Crippen LogP contribution < -0.4 is 4.90 Å². The van der Waals surface area contributed by atoms with Gasteiger partial charge in [0.25, 0.3) is 5.91 Å². The van der Waals surface area contributed by atoms with E-state index in [1.165, 1.54) is 16.9 Å². The maximum absolute atomic E-state index is 13.4. The van der Waals surface area contributed by atoms with Gasteiger partial charge in [0.15, 0.2) is 5.13 Å². The number of rotatable bonds is 4. The minimum Gasteiger partial charge on any atom is -0.278 e. The van der Waals surface area contributed by atoms with E-state index >= 15 is 0 Å². The Bertz CT molecular complexity index is 1150. The van der Waals surface area contributed by atoms with Gasteiger partial charge in [0.1, 0.15) is 0 Å². The summed E-state index contributed by atoms with van der Waals surface area (Å²) in [6, 6.07) is 17.7. The minimum atomic E-state index is -0.0644. The lowest BCUT2D eigenvalue weighted by molar-refractivity contribution is 0.0984. The lowest BCUT2D eigenvalue weighted by Gasteiger charge is -2.20. The molecule has 0 aliphatic carbocycles. The van der Waals surface area contributed by atoms with Crippen LogP contribution in [0.5, 0.6) is 0 Å². The molecule has 140 valence electrons. The smallest absolute Gasteiger partial charge is 0.260 e. The van der Waals surface area contributed by atoms with E-state index in [0.717, 1.165) is 27.0 Å². The zero-order valence-electron chi connectivity index (χ0n) is 16.1. The molecule has 0 bridgehead atoms. The molecular weight excluding hydrogens is 366 g/mol. The van der Waals surface area contributed by atoms with Gasteiger partial charge in [0, 0.05) is 11.8 Å². The van der Waals surface area contributed by atoms with Crippen LogP contribution in [0.4, 0.5) is 5.13 Å². The van der Waals surface area contributed by atoms with Crippen molar-refractivity contribution in [3.05, 3.63) is 88.7 Å². The zero-order chi connectivity index (χ0) is 19.7. The van der Waals surface area contributed by atoms with Crippen LogP contribution in [0.1, 0.15) is 32.7 Å². The number of para-hydroxylation sites is 1. The van der Waals surface area contributed by atoms with Crippen molar-refractivity contribution in [3.63, 3.8) is 0 Å². The second kappa shape index (κ2) is 7.52. The van der Waals surface area contributed by atoms with Crippen molar-refractivity contribution in [1.29, 1.82) is 0 Å². The summed E-state index contributed by atoms with van der Waals surface area (Å²) in [6.45, 7) is 6.49. The minimum absolute atomic E-state index is 0.0644. The van der Waals surface area contributed by atoms with Crippen molar-refractivity contribution in [2.75, 3.05) is 4.90 Å². The molecule has 0 aliphatic heterocycles. The lowest BCUT2D eigenvalue weighted by Crippen LogP contribution is -2.30. The predicted molar refractivity (Wildman–Crippen MR) is 115 cm³/mol. The van der Waals surface area contributed by atoms with Gasteiger partial charge in [-0.05, 0) is 67.8 Å². The number of fused-ring (bicyclic) bond motifs is 1. The molecule has 4 nitrogen and oxygen atoms in total. The molecule has 0 radical (unpaired) electrons. The fraction of sp³-hybridized carbons (Fsp3) is 0.174. The Morgan fingerprint density at radius 3 is 2.54 bits per heavy atom. The van der Waals surface area contributed by atoms with Gasteiger partial charge in [-0.3, -0.25) is 14.7 Å². The number of nitrogens with zero attached hydrogens (tertiary/aromatic N) is 3. The summed E-state index contributed by atoms with van der Waals surface area (Å²) in [5.41, 5.74) is 5.82. The van der Waals surface area contributed by atoms with Crippen molar-refractivity contribution in [1.82, 2.24) is 9.97 Å². The van der Waals surface area contributed by atoms with E-state index in [-0.39, 0.29) is 5.91 Å². The number of hydrogen-bond donors (Lipinski definition) is 0. The Labute approximate surface area is 168 Å². The molecule has 0 aliphatic rings. The van der Waals surface area contributed by atoms with Crippen LogP contribution in [0.25, 0.3) is 10.2 Å². The number of carbonyl (C=O) groups is 1. The zero-order valence-corrected chi connectivity index (χ0v) is 17.0. The third-order valence-electron chi connectivity index (χ3n) is 4.89. The number of pyridine rings is 1. The van der Waals surface area contributed by atoms with Crippen LogP contribution in [0.15, 0.2) is 60.8 Å². The molecule has 4 aromatic rings. The molecule has 5 heteroatoms. The fourth-order valence-corrected chi connectivity index (χ4v) is 4.14. The highest BCUT2D eigenvalue weighted by molar-refractivity contribution is 7.22. The van der Waals surface area contributed by atoms with Crippen LogP contribution in [0.2, 0.25) is 0 Å². The number of hydrogen-bond acceptors (Lipinski definition) is 4. The van der Waals surface area contributed by atoms with E-state index in [4.69, 9.17) is 4.98 Å². The third-order valence-corrected chi connectivity index (χ3v) is 5.93. The Morgan fingerprint density at radius 1 is 0.964 bits per heavy atom. The Balaban J connectivity index is 1.79. The first-order chi connectivity index (χ1) is 13.5. The number of aromatic nitrogens is 2. The van der Waals surface area contributed by atoms with Gasteiger partial charge < -0.3 is 0 Å². The predicted octanol–water partition coefficient (Wildman–Crippen LogP) is 5.46. The van der Waals surface area contributed by atoms with Gasteiger partial charge in [-0.2, -0.15) is 0 Å². The molecule has 1 amide bonds. The van der Waals surface area contributed by atoms with E-state index < -0.39 is 0 Å². The summed E-state index contributed by atoms with van der Waals surface area (Å²) < 4.78 is 1.08. The number of carbonyl (C=O) groups excluding carboxylic acids is 1. The van der Waals surface area contributed by atoms with E-state index in [1.54, 1.807) is 11.1 Å². The molecule has 0 spiro atoms. The first-order valence-corrected chi connectivity index (χ1v) is 10.00. The Morgan fingerprint density at radius 2 is 1.82 bits per heavy atom. The summed E-state index contributed by atoms with van der Waals surface area (Å²) in [7, 11) is 0. The first kappa shape index (κ1) is 18.3. The highest BCUT2D eigenvalue weighted by Gasteiger charge is 2.23. The number of amides is 1. The summed E-state index contributed by atoms with van der Waals surface area (Å²) in [5.74, 6) is -0.0644. The molecule has 0 saturated carbocycles. The third kappa shape index (κ3) is 3.53. The fourth-order valence-electron chi connectivity index (χ4n) is 3.10. The average molecular weight is 388 g/mol. The standard InChI is InChI=1S/C23H21N3OS/c1-15-10-11-18(13-17(15)3)22(27)26(14-19-8-4-5-12-24-19)23-25-21-16(2)7-6-9-20(21)28-23/h4-13H,14H2,1-3H3. The number of thiazole rings is 1. The van der Waals surface area contributed by atoms with E-state index in [9.17, 15) is 4.79 Å². The van der Waals surface area contributed by atoms with E-state index in [1.807, 2.05) is 75.4 Å². The molecule has 2 heterocycles. The van der Waals surface area contributed by atoms with Gasteiger partial charge in [-0.25, -0.2) is 4.98 Å². The number of anilines is 1. The normalized spacial score (nSPS) is 11.0. The lowest BCUT2D eigenvalue weighted by atomic mass is 10.1. The van der Waals surface area contributed by atoms with Crippen molar-refractivity contribution in [2.24, 2.45) is 0 Å². The Kier molecular flexibility index (Phi) is 4.92. The van der Waals surface area contributed by atoms with Crippen LogP contribution in [-0.2, 0) is 6.54 Å². The molecule has 0 N–H and O–H groups in total. The van der Waals surface area contributed by atoms with Gasteiger partial charge in [-0.15, -0.1) is 0 Å².